The number of nitriles is 1. The molecule has 0 bridgehead atoms. The van der Waals surface area contributed by atoms with Gasteiger partial charge in [-0.25, -0.2) is 9.18 Å². The Morgan fingerprint density at radius 2 is 2.29 bits per heavy atom. The molecule has 1 N–H and O–H groups in total. The van der Waals surface area contributed by atoms with Crippen LogP contribution in [0.1, 0.15) is 23.7 Å². The summed E-state index contributed by atoms with van der Waals surface area (Å²) in [6, 6.07) is 5.77. The van der Waals surface area contributed by atoms with Crippen molar-refractivity contribution < 1.29 is 14.3 Å². The highest BCUT2D eigenvalue weighted by Crippen LogP contribution is 2.20. The maximum atomic E-state index is 13.7. The van der Waals surface area contributed by atoms with Crippen molar-refractivity contribution in [3.63, 3.8) is 0 Å². The molecule has 90 valence electrons. The average Bonchev–Trinajstić information content (AvgIpc) is 2.31. The first-order valence-electron chi connectivity index (χ1n) is 5.25. The van der Waals surface area contributed by atoms with Gasteiger partial charge in [-0.15, -0.1) is 0 Å². The first kappa shape index (κ1) is 13.0. The highest BCUT2D eigenvalue weighted by Gasteiger charge is 2.12. The van der Waals surface area contributed by atoms with Crippen LogP contribution in [-0.4, -0.2) is 24.2 Å². The molecule has 0 saturated carbocycles. The van der Waals surface area contributed by atoms with E-state index < -0.39 is 11.8 Å². The fourth-order valence-corrected chi connectivity index (χ4v) is 1.53. The van der Waals surface area contributed by atoms with E-state index in [1.165, 1.54) is 12.1 Å². The third-order valence-corrected chi connectivity index (χ3v) is 2.41. The molecule has 0 radical (unpaired) electrons. The van der Waals surface area contributed by atoms with Crippen molar-refractivity contribution in [3.05, 3.63) is 29.6 Å². The zero-order valence-corrected chi connectivity index (χ0v) is 9.48. The van der Waals surface area contributed by atoms with Gasteiger partial charge in [0.05, 0.1) is 23.7 Å². The number of hydrogen-bond acceptors (Lipinski definition) is 3. The molecule has 1 rings (SSSR count). The number of hydrogen-bond donors (Lipinski definition) is 1. The number of halogens is 1. The summed E-state index contributed by atoms with van der Waals surface area (Å²) < 4.78 is 13.7. The molecule has 4 nitrogen and oxygen atoms in total. The van der Waals surface area contributed by atoms with Crippen molar-refractivity contribution in [1.82, 2.24) is 0 Å². The summed E-state index contributed by atoms with van der Waals surface area (Å²) >= 11 is 0. The van der Waals surface area contributed by atoms with Crippen LogP contribution in [0.15, 0.2) is 18.2 Å². The van der Waals surface area contributed by atoms with Gasteiger partial charge in [0.25, 0.3) is 0 Å². The molecule has 0 saturated heterocycles. The second kappa shape index (κ2) is 5.85. The smallest absolute Gasteiger partial charge is 0.335 e. The highest BCUT2D eigenvalue weighted by atomic mass is 19.1. The molecule has 0 aromatic heterocycles. The van der Waals surface area contributed by atoms with Crippen LogP contribution in [0.3, 0.4) is 0 Å². The van der Waals surface area contributed by atoms with Crippen LogP contribution in [0.2, 0.25) is 0 Å². The molecule has 0 aliphatic carbocycles. The van der Waals surface area contributed by atoms with E-state index in [0.29, 0.717) is 25.2 Å². The van der Waals surface area contributed by atoms with Gasteiger partial charge >= 0.3 is 5.97 Å². The molecule has 0 aliphatic heterocycles. The number of rotatable bonds is 5. The topological polar surface area (TPSA) is 64.3 Å². The molecule has 17 heavy (non-hydrogen) atoms. The lowest BCUT2D eigenvalue weighted by atomic mass is 10.2. The molecule has 1 aromatic carbocycles. The number of carbonyl (C=O) groups is 1. The average molecular weight is 236 g/mol. The fraction of sp³-hybridized carbons (Fsp3) is 0.333. The Labute approximate surface area is 98.9 Å². The Morgan fingerprint density at radius 1 is 1.59 bits per heavy atom. The predicted octanol–water partition coefficient (Wildman–Crippen LogP) is 2.26. The van der Waals surface area contributed by atoms with Crippen LogP contribution in [0, 0.1) is 17.1 Å². The molecular weight excluding hydrogens is 223 g/mol. The number of aromatic carboxylic acids is 1. The van der Waals surface area contributed by atoms with Gasteiger partial charge in [0.15, 0.2) is 0 Å². The number of carboxylic acids is 1. The van der Waals surface area contributed by atoms with E-state index in [1.807, 2.05) is 13.0 Å². The van der Waals surface area contributed by atoms with Crippen LogP contribution in [0.5, 0.6) is 0 Å². The van der Waals surface area contributed by atoms with Gasteiger partial charge in [-0.1, -0.05) is 0 Å². The van der Waals surface area contributed by atoms with E-state index in [9.17, 15) is 9.18 Å². The Balaban J connectivity index is 2.97. The third-order valence-electron chi connectivity index (χ3n) is 2.41. The first-order valence-corrected chi connectivity index (χ1v) is 5.25. The minimum absolute atomic E-state index is 0.0809. The van der Waals surface area contributed by atoms with Crippen LogP contribution >= 0.6 is 0 Å². The SMILES string of the molecule is CCN(CCC#N)c1ccc(C(=O)O)cc1F. The van der Waals surface area contributed by atoms with Gasteiger partial charge in [0.1, 0.15) is 5.82 Å². The second-order valence-corrected chi connectivity index (χ2v) is 3.46. The molecule has 0 atom stereocenters. The largest absolute Gasteiger partial charge is 0.478 e. The number of anilines is 1. The molecule has 0 heterocycles. The summed E-state index contributed by atoms with van der Waals surface area (Å²) in [6.45, 7) is 2.84. The lowest BCUT2D eigenvalue weighted by molar-refractivity contribution is 0.0696. The van der Waals surface area contributed by atoms with Gasteiger partial charge < -0.3 is 10.0 Å². The molecule has 0 amide bonds. The Kier molecular flexibility index (Phi) is 4.46. The van der Waals surface area contributed by atoms with Gasteiger partial charge in [0, 0.05) is 13.1 Å². The zero-order chi connectivity index (χ0) is 12.8. The Bertz CT molecular complexity index is 454. The molecular formula is C12H13FN2O2. The van der Waals surface area contributed by atoms with Crippen molar-refractivity contribution in [2.24, 2.45) is 0 Å². The zero-order valence-electron chi connectivity index (χ0n) is 9.48. The third kappa shape index (κ3) is 3.18. The number of benzene rings is 1. The van der Waals surface area contributed by atoms with Crippen molar-refractivity contribution in [2.75, 3.05) is 18.0 Å². The van der Waals surface area contributed by atoms with Gasteiger partial charge in [-0.2, -0.15) is 5.26 Å². The molecule has 0 unspecified atom stereocenters. The summed E-state index contributed by atoms with van der Waals surface area (Å²) in [5, 5.41) is 17.2. The highest BCUT2D eigenvalue weighted by molar-refractivity contribution is 5.88. The molecule has 0 fully saturated rings. The van der Waals surface area contributed by atoms with E-state index >= 15 is 0 Å². The molecule has 5 heteroatoms. The van der Waals surface area contributed by atoms with Crippen LogP contribution in [0.25, 0.3) is 0 Å². The molecule has 1 aromatic rings. The minimum Gasteiger partial charge on any atom is -0.478 e. The van der Waals surface area contributed by atoms with Gasteiger partial charge in [0.2, 0.25) is 0 Å². The van der Waals surface area contributed by atoms with Crippen LogP contribution in [-0.2, 0) is 0 Å². The lowest BCUT2D eigenvalue weighted by Gasteiger charge is -2.22. The fourth-order valence-electron chi connectivity index (χ4n) is 1.53. The van der Waals surface area contributed by atoms with Crippen molar-refractivity contribution >= 4 is 11.7 Å². The molecule has 0 spiro atoms. The van der Waals surface area contributed by atoms with Gasteiger partial charge in [-0.05, 0) is 25.1 Å². The first-order chi connectivity index (χ1) is 8.10. The van der Waals surface area contributed by atoms with E-state index in [4.69, 9.17) is 10.4 Å². The maximum absolute atomic E-state index is 13.7. The summed E-state index contributed by atoms with van der Waals surface area (Å²) in [4.78, 5) is 12.4. The minimum atomic E-state index is -1.16. The van der Waals surface area contributed by atoms with Crippen molar-refractivity contribution in [3.8, 4) is 6.07 Å². The van der Waals surface area contributed by atoms with Crippen LogP contribution in [0.4, 0.5) is 10.1 Å². The van der Waals surface area contributed by atoms with Crippen LogP contribution < -0.4 is 4.90 Å². The van der Waals surface area contributed by atoms with Gasteiger partial charge in [-0.3, -0.25) is 0 Å². The second-order valence-electron chi connectivity index (χ2n) is 3.46. The Hall–Kier alpha value is -2.09. The van der Waals surface area contributed by atoms with Crippen molar-refractivity contribution in [1.29, 1.82) is 5.26 Å². The summed E-state index contributed by atoms with van der Waals surface area (Å²) in [7, 11) is 0. The normalized spacial score (nSPS) is 9.71. The summed E-state index contributed by atoms with van der Waals surface area (Å²) in [5.41, 5.74) is 0.246. The predicted molar refractivity (Wildman–Crippen MR) is 61.5 cm³/mol. The maximum Gasteiger partial charge on any atom is 0.335 e. The summed E-state index contributed by atoms with van der Waals surface area (Å²) in [5.74, 6) is -1.74. The Morgan fingerprint density at radius 3 is 2.76 bits per heavy atom. The van der Waals surface area contributed by atoms with E-state index in [2.05, 4.69) is 0 Å². The standard InChI is InChI=1S/C12H13FN2O2/c1-2-15(7-3-6-14)11-5-4-9(12(16)17)8-10(11)13/h4-5,8H,2-3,7H2,1H3,(H,16,17). The summed E-state index contributed by atoms with van der Waals surface area (Å²) in [6.07, 6.45) is 0.300. The van der Waals surface area contributed by atoms with E-state index in [1.54, 1.807) is 4.90 Å². The van der Waals surface area contributed by atoms with E-state index in [-0.39, 0.29) is 5.56 Å². The number of carboxylic acid groups (broad SMARTS) is 1. The van der Waals surface area contributed by atoms with Crippen molar-refractivity contribution in [2.45, 2.75) is 13.3 Å². The number of nitrogens with zero attached hydrogens (tertiary/aromatic N) is 2. The quantitative estimate of drug-likeness (QED) is 0.851. The monoisotopic (exact) mass is 236 g/mol. The van der Waals surface area contributed by atoms with E-state index in [0.717, 1.165) is 6.07 Å². The lowest BCUT2D eigenvalue weighted by Crippen LogP contribution is -2.24. The molecule has 0 aliphatic rings.